The lowest BCUT2D eigenvalue weighted by atomic mass is 9.87. The van der Waals surface area contributed by atoms with Crippen LogP contribution in [0.25, 0.3) is 0 Å². The Morgan fingerprint density at radius 1 is 0.900 bits per heavy atom. The van der Waals surface area contributed by atoms with Gasteiger partial charge in [-0.15, -0.1) is 0 Å². The Bertz CT molecular complexity index is 591. The van der Waals surface area contributed by atoms with E-state index in [1.54, 1.807) is 19.1 Å². The van der Waals surface area contributed by atoms with Crippen molar-refractivity contribution in [3.63, 3.8) is 0 Å². The summed E-state index contributed by atoms with van der Waals surface area (Å²) >= 11 is 0. The molecule has 2 N–H and O–H groups in total. The maximum atomic E-state index is 13.6. The minimum absolute atomic E-state index is 0.274. The van der Waals surface area contributed by atoms with Crippen molar-refractivity contribution in [2.45, 2.75) is 25.3 Å². The highest BCUT2D eigenvalue weighted by atomic mass is 19.1. The second-order valence-corrected chi connectivity index (χ2v) is 5.37. The van der Waals surface area contributed by atoms with Gasteiger partial charge >= 0.3 is 0 Å². The van der Waals surface area contributed by atoms with Crippen molar-refractivity contribution >= 4 is 0 Å². The van der Waals surface area contributed by atoms with E-state index in [4.69, 9.17) is 5.73 Å². The molecule has 2 aromatic rings. The number of nitrogens with two attached hydrogens (primary N) is 1. The van der Waals surface area contributed by atoms with Gasteiger partial charge in [-0.3, -0.25) is 0 Å². The average Bonchev–Trinajstić information content (AvgIpc) is 2.35. The lowest BCUT2D eigenvalue weighted by molar-refractivity contribution is 0.449. The summed E-state index contributed by atoms with van der Waals surface area (Å²) in [5, 5.41) is 0. The number of hydrogen-bond donors (Lipinski definition) is 1. The minimum Gasteiger partial charge on any atom is -0.325 e. The van der Waals surface area contributed by atoms with Crippen molar-refractivity contribution in [1.82, 2.24) is 0 Å². The largest absolute Gasteiger partial charge is 0.325 e. The highest BCUT2D eigenvalue weighted by Crippen LogP contribution is 2.19. The van der Waals surface area contributed by atoms with Crippen LogP contribution in [0.4, 0.5) is 13.2 Å². The first-order valence-corrected chi connectivity index (χ1v) is 6.33. The fourth-order valence-corrected chi connectivity index (χ4v) is 2.23. The van der Waals surface area contributed by atoms with Crippen molar-refractivity contribution in [3.8, 4) is 0 Å². The second kappa shape index (κ2) is 5.67. The zero-order valence-electron chi connectivity index (χ0n) is 11.2. The minimum atomic E-state index is -0.698. The molecule has 20 heavy (non-hydrogen) atoms. The summed E-state index contributed by atoms with van der Waals surface area (Å²) in [6.07, 6.45) is 0.751. The molecule has 106 valence electrons. The Balaban J connectivity index is 2.12. The van der Waals surface area contributed by atoms with Gasteiger partial charge in [-0.25, -0.2) is 13.2 Å². The van der Waals surface area contributed by atoms with Crippen LogP contribution < -0.4 is 5.73 Å². The molecule has 0 aliphatic heterocycles. The molecule has 0 amide bonds. The van der Waals surface area contributed by atoms with E-state index < -0.39 is 17.2 Å². The van der Waals surface area contributed by atoms with E-state index in [9.17, 15) is 13.2 Å². The fourth-order valence-electron chi connectivity index (χ4n) is 2.23. The van der Waals surface area contributed by atoms with Gasteiger partial charge in [0.2, 0.25) is 0 Å². The van der Waals surface area contributed by atoms with Crippen LogP contribution in [0.2, 0.25) is 0 Å². The van der Waals surface area contributed by atoms with Gasteiger partial charge in [0.1, 0.15) is 17.5 Å². The van der Waals surface area contributed by atoms with Crippen molar-refractivity contribution < 1.29 is 13.2 Å². The van der Waals surface area contributed by atoms with Crippen LogP contribution in [0.3, 0.4) is 0 Å². The number of benzene rings is 2. The molecule has 4 heteroatoms. The molecular formula is C16H16F3N. The molecule has 0 saturated heterocycles. The molecule has 0 fully saturated rings. The van der Waals surface area contributed by atoms with Crippen LogP contribution >= 0.6 is 0 Å². The van der Waals surface area contributed by atoms with E-state index >= 15 is 0 Å². The Kier molecular flexibility index (Phi) is 4.14. The van der Waals surface area contributed by atoms with Crippen LogP contribution in [0.1, 0.15) is 18.1 Å². The van der Waals surface area contributed by atoms with E-state index in [-0.39, 0.29) is 12.2 Å². The molecular weight excluding hydrogens is 263 g/mol. The van der Waals surface area contributed by atoms with E-state index in [0.29, 0.717) is 12.0 Å². The van der Waals surface area contributed by atoms with Gasteiger partial charge in [0.15, 0.2) is 0 Å². The van der Waals surface area contributed by atoms with Gasteiger partial charge in [-0.2, -0.15) is 0 Å². The third-order valence-electron chi connectivity index (χ3n) is 3.13. The summed E-state index contributed by atoms with van der Waals surface area (Å²) in [6.45, 7) is 1.79. The first-order valence-electron chi connectivity index (χ1n) is 6.33. The first-order chi connectivity index (χ1) is 9.35. The molecule has 0 radical (unpaired) electrons. The van der Waals surface area contributed by atoms with Gasteiger partial charge in [0.05, 0.1) is 0 Å². The van der Waals surface area contributed by atoms with Gasteiger partial charge in [0.25, 0.3) is 0 Å². The fraction of sp³-hybridized carbons (Fsp3) is 0.250. The van der Waals surface area contributed by atoms with Gasteiger partial charge in [0, 0.05) is 11.6 Å². The average molecular weight is 279 g/mol. The predicted octanol–water partition coefficient (Wildman–Crippen LogP) is 3.61. The zero-order chi connectivity index (χ0) is 14.8. The summed E-state index contributed by atoms with van der Waals surface area (Å²) in [7, 11) is 0. The maximum Gasteiger partial charge on any atom is 0.129 e. The van der Waals surface area contributed by atoms with Gasteiger partial charge < -0.3 is 5.73 Å². The van der Waals surface area contributed by atoms with Gasteiger partial charge in [-0.1, -0.05) is 18.2 Å². The molecule has 1 nitrogen and oxygen atoms in total. The second-order valence-electron chi connectivity index (χ2n) is 5.37. The molecule has 0 aliphatic rings. The highest BCUT2D eigenvalue weighted by molar-refractivity contribution is 5.24. The molecule has 2 rings (SSSR count). The molecule has 2 aromatic carbocycles. The van der Waals surface area contributed by atoms with Crippen molar-refractivity contribution in [2.75, 3.05) is 0 Å². The van der Waals surface area contributed by atoms with E-state index in [1.807, 2.05) is 0 Å². The molecule has 0 spiro atoms. The summed E-state index contributed by atoms with van der Waals surface area (Å²) in [4.78, 5) is 0. The van der Waals surface area contributed by atoms with Crippen LogP contribution in [0.15, 0.2) is 42.5 Å². The molecule has 0 bridgehead atoms. The lowest BCUT2D eigenvalue weighted by Crippen LogP contribution is -2.41. The monoisotopic (exact) mass is 279 g/mol. The smallest absolute Gasteiger partial charge is 0.129 e. The third kappa shape index (κ3) is 3.84. The number of rotatable bonds is 4. The zero-order valence-corrected chi connectivity index (χ0v) is 11.2. The van der Waals surface area contributed by atoms with E-state index in [1.165, 1.54) is 24.3 Å². The van der Waals surface area contributed by atoms with Crippen LogP contribution in [0, 0.1) is 17.5 Å². The maximum absolute atomic E-state index is 13.6. The van der Waals surface area contributed by atoms with E-state index in [2.05, 4.69) is 0 Å². The SMILES string of the molecule is CC(N)(Cc1ccc(F)cc1)Cc1ccc(F)cc1F. The number of hydrogen-bond acceptors (Lipinski definition) is 1. The van der Waals surface area contributed by atoms with Crippen molar-refractivity contribution in [2.24, 2.45) is 5.73 Å². The van der Waals surface area contributed by atoms with Crippen molar-refractivity contribution in [1.29, 1.82) is 0 Å². The molecule has 0 heterocycles. The summed E-state index contributed by atoms with van der Waals surface area (Å²) in [5.41, 5.74) is 6.72. The van der Waals surface area contributed by atoms with Crippen molar-refractivity contribution in [3.05, 3.63) is 71.0 Å². The highest BCUT2D eigenvalue weighted by Gasteiger charge is 2.21. The summed E-state index contributed by atoms with van der Waals surface area (Å²) in [5.74, 6) is -1.51. The lowest BCUT2D eigenvalue weighted by Gasteiger charge is -2.25. The van der Waals surface area contributed by atoms with E-state index in [0.717, 1.165) is 11.6 Å². The molecule has 0 aromatic heterocycles. The standard InChI is InChI=1S/C16H16F3N/c1-16(20,9-11-2-5-13(17)6-3-11)10-12-4-7-14(18)8-15(12)19/h2-8H,9-10,20H2,1H3. The molecule has 0 saturated carbocycles. The Labute approximate surface area is 116 Å². The normalized spacial score (nSPS) is 14.1. The quantitative estimate of drug-likeness (QED) is 0.909. The summed E-state index contributed by atoms with van der Waals surface area (Å²) in [6, 6.07) is 9.51. The third-order valence-corrected chi connectivity index (χ3v) is 3.13. The van der Waals surface area contributed by atoms with Gasteiger partial charge in [-0.05, 0) is 49.1 Å². The first kappa shape index (κ1) is 14.6. The van der Waals surface area contributed by atoms with Crippen LogP contribution in [0.5, 0.6) is 0 Å². The summed E-state index contributed by atoms with van der Waals surface area (Å²) < 4.78 is 39.3. The Morgan fingerprint density at radius 3 is 2.10 bits per heavy atom. The van der Waals surface area contributed by atoms with Crippen LogP contribution in [-0.2, 0) is 12.8 Å². The Hall–Kier alpha value is -1.81. The molecule has 1 atom stereocenters. The molecule has 1 unspecified atom stereocenters. The Morgan fingerprint density at radius 2 is 1.50 bits per heavy atom. The number of halogens is 3. The molecule has 0 aliphatic carbocycles. The predicted molar refractivity (Wildman–Crippen MR) is 72.8 cm³/mol. The van der Waals surface area contributed by atoms with Crippen LogP contribution in [-0.4, -0.2) is 5.54 Å². The topological polar surface area (TPSA) is 26.0 Å².